The molecule has 0 spiro atoms. The van der Waals surface area contributed by atoms with Crippen LogP contribution in [-0.4, -0.2) is 4.57 Å². The minimum absolute atomic E-state index is 0.886. The molecular weight excluding hydrogens is 725 g/mol. The van der Waals surface area contributed by atoms with Gasteiger partial charge >= 0.3 is 0 Å². The average molecular weight is 759 g/mol. The van der Waals surface area contributed by atoms with Crippen LogP contribution < -0.4 is 4.90 Å². The van der Waals surface area contributed by atoms with Crippen LogP contribution in [0, 0.1) is 0 Å². The molecule has 0 amide bonds. The summed E-state index contributed by atoms with van der Waals surface area (Å²) >= 11 is 1.85. The Hall–Kier alpha value is -7.40. The Morgan fingerprint density at radius 2 is 1.02 bits per heavy atom. The van der Waals surface area contributed by atoms with E-state index >= 15 is 0 Å². The van der Waals surface area contributed by atoms with Gasteiger partial charge in [-0.3, -0.25) is 0 Å². The maximum atomic E-state index is 6.29. The van der Waals surface area contributed by atoms with Crippen molar-refractivity contribution in [1.82, 2.24) is 4.57 Å². The Balaban J connectivity index is 1.05. The number of benzene rings is 9. The average Bonchev–Trinajstić information content (AvgIpc) is 3.97. The number of fused-ring (bicyclic) bond motifs is 9. The lowest BCUT2D eigenvalue weighted by Crippen LogP contribution is -2.10. The van der Waals surface area contributed by atoms with E-state index in [9.17, 15) is 0 Å². The van der Waals surface area contributed by atoms with E-state index in [1.807, 2.05) is 23.5 Å². The van der Waals surface area contributed by atoms with Crippen molar-refractivity contribution in [2.24, 2.45) is 0 Å². The number of aromatic nitrogens is 1. The van der Waals surface area contributed by atoms with E-state index in [1.54, 1.807) is 0 Å². The second-order valence-electron chi connectivity index (χ2n) is 14.9. The van der Waals surface area contributed by atoms with E-state index in [0.717, 1.165) is 50.3 Å². The molecule has 0 N–H and O–H groups in total. The number of rotatable bonds is 6. The van der Waals surface area contributed by atoms with E-state index < -0.39 is 0 Å². The minimum Gasteiger partial charge on any atom is -0.456 e. The molecule has 0 fully saturated rings. The molecule has 9 aromatic carbocycles. The maximum absolute atomic E-state index is 6.29. The predicted molar refractivity (Wildman–Crippen MR) is 247 cm³/mol. The van der Waals surface area contributed by atoms with Gasteiger partial charge in [0, 0.05) is 54.1 Å². The molecule has 0 saturated heterocycles. The fourth-order valence-corrected chi connectivity index (χ4v) is 10.2. The lowest BCUT2D eigenvalue weighted by molar-refractivity contribution is 0.669. The predicted octanol–water partition coefficient (Wildman–Crippen LogP) is 15.9. The molecular formula is C54H34N2OS. The lowest BCUT2D eigenvalue weighted by Gasteiger charge is -2.26. The van der Waals surface area contributed by atoms with Gasteiger partial charge in [-0.05, 0) is 95.1 Å². The summed E-state index contributed by atoms with van der Waals surface area (Å²) in [6.07, 6.45) is 0. The Labute approximate surface area is 338 Å². The molecule has 3 aromatic heterocycles. The van der Waals surface area contributed by atoms with Crippen molar-refractivity contribution in [3.63, 3.8) is 0 Å². The summed E-state index contributed by atoms with van der Waals surface area (Å²) < 4.78 is 11.2. The van der Waals surface area contributed by atoms with Crippen molar-refractivity contribution in [2.75, 3.05) is 4.90 Å². The van der Waals surface area contributed by atoms with Gasteiger partial charge in [-0.25, -0.2) is 0 Å². The second-order valence-corrected chi connectivity index (χ2v) is 15.9. The van der Waals surface area contributed by atoms with Crippen LogP contribution >= 0.6 is 11.3 Å². The summed E-state index contributed by atoms with van der Waals surface area (Å²) in [6, 6.07) is 74.5. The molecule has 0 aliphatic heterocycles. The first kappa shape index (κ1) is 32.8. The fraction of sp³-hybridized carbons (Fsp3) is 0. The third-order valence-electron chi connectivity index (χ3n) is 11.6. The molecule has 0 atom stereocenters. The van der Waals surface area contributed by atoms with Crippen LogP contribution in [0.4, 0.5) is 17.1 Å². The summed E-state index contributed by atoms with van der Waals surface area (Å²) in [4.78, 5) is 2.41. The molecule has 3 heterocycles. The summed E-state index contributed by atoms with van der Waals surface area (Å²) in [6.45, 7) is 0. The molecule has 0 radical (unpaired) electrons. The zero-order valence-electron chi connectivity index (χ0n) is 31.3. The normalized spacial score (nSPS) is 11.8. The highest BCUT2D eigenvalue weighted by Gasteiger charge is 2.21. The molecule has 0 saturated carbocycles. The summed E-state index contributed by atoms with van der Waals surface area (Å²) in [7, 11) is 0. The monoisotopic (exact) mass is 758 g/mol. The van der Waals surface area contributed by atoms with Gasteiger partial charge in [0.15, 0.2) is 0 Å². The van der Waals surface area contributed by atoms with Crippen molar-refractivity contribution in [2.45, 2.75) is 0 Å². The Kier molecular flexibility index (Phi) is 7.40. The smallest absolute Gasteiger partial charge is 0.135 e. The van der Waals surface area contributed by atoms with Gasteiger partial charge in [0.25, 0.3) is 0 Å². The number of furan rings is 1. The fourth-order valence-electron chi connectivity index (χ4n) is 8.96. The van der Waals surface area contributed by atoms with Gasteiger partial charge in [0.05, 0.1) is 21.4 Å². The van der Waals surface area contributed by atoms with Crippen LogP contribution in [0.1, 0.15) is 0 Å². The number of hydrogen-bond acceptors (Lipinski definition) is 3. The standard InChI is InChI=1S/C54H34N2OS/c1-2-13-35(14-3-1)40-31-29-39(56-48-20-8-4-15-41(48)42-16-5-9-21-49(42)56)33-46(40)36-25-27-37(28-26-36)55(38-30-32-52-47(34-38)43-17-6-10-23-51(43)57-52)50-22-12-19-45-44-18-7-11-24-53(44)58-54(45)50/h1-34H. The van der Waals surface area contributed by atoms with Crippen LogP contribution in [0.3, 0.4) is 0 Å². The van der Waals surface area contributed by atoms with Crippen LogP contribution in [0.2, 0.25) is 0 Å². The molecule has 0 aliphatic rings. The van der Waals surface area contributed by atoms with Crippen molar-refractivity contribution in [1.29, 1.82) is 0 Å². The van der Waals surface area contributed by atoms with Crippen molar-refractivity contribution in [3.05, 3.63) is 206 Å². The Bertz CT molecular complexity index is 3460. The van der Waals surface area contributed by atoms with Crippen molar-refractivity contribution < 1.29 is 4.42 Å². The molecule has 0 bridgehead atoms. The molecule has 12 aromatic rings. The Morgan fingerprint density at radius 1 is 0.397 bits per heavy atom. The van der Waals surface area contributed by atoms with Crippen LogP contribution in [0.25, 0.3) is 91.9 Å². The molecule has 0 aliphatic carbocycles. The highest BCUT2D eigenvalue weighted by atomic mass is 32.1. The molecule has 0 unspecified atom stereocenters. The third kappa shape index (κ3) is 5.12. The van der Waals surface area contributed by atoms with Crippen LogP contribution in [-0.2, 0) is 0 Å². The number of hydrogen-bond donors (Lipinski definition) is 0. The number of thiophene rings is 1. The number of nitrogens with zero attached hydrogens (tertiary/aromatic N) is 2. The zero-order valence-corrected chi connectivity index (χ0v) is 32.2. The van der Waals surface area contributed by atoms with Gasteiger partial charge in [-0.1, -0.05) is 133 Å². The molecule has 12 rings (SSSR count). The number of para-hydroxylation sites is 3. The summed E-state index contributed by atoms with van der Waals surface area (Å²) in [5.41, 5.74) is 13.4. The summed E-state index contributed by atoms with van der Waals surface area (Å²) in [5, 5.41) is 7.29. The van der Waals surface area contributed by atoms with E-state index in [2.05, 4.69) is 204 Å². The molecule has 58 heavy (non-hydrogen) atoms. The van der Waals surface area contributed by atoms with Gasteiger partial charge in [0.2, 0.25) is 0 Å². The lowest BCUT2D eigenvalue weighted by atomic mass is 9.93. The van der Waals surface area contributed by atoms with E-state index in [0.29, 0.717) is 0 Å². The van der Waals surface area contributed by atoms with Gasteiger partial charge in [0.1, 0.15) is 11.2 Å². The second kappa shape index (κ2) is 13.1. The Morgan fingerprint density at radius 3 is 1.81 bits per heavy atom. The van der Waals surface area contributed by atoms with Gasteiger partial charge < -0.3 is 13.9 Å². The van der Waals surface area contributed by atoms with Crippen LogP contribution in [0.15, 0.2) is 211 Å². The first-order chi connectivity index (χ1) is 28.8. The summed E-state index contributed by atoms with van der Waals surface area (Å²) in [5.74, 6) is 0. The maximum Gasteiger partial charge on any atom is 0.135 e. The first-order valence-corrected chi connectivity index (χ1v) is 20.5. The zero-order chi connectivity index (χ0) is 38.2. The van der Waals surface area contributed by atoms with Crippen LogP contribution in [0.5, 0.6) is 0 Å². The third-order valence-corrected chi connectivity index (χ3v) is 12.8. The highest BCUT2D eigenvalue weighted by Crippen LogP contribution is 2.46. The molecule has 4 heteroatoms. The molecule has 272 valence electrons. The minimum atomic E-state index is 0.886. The first-order valence-electron chi connectivity index (χ1n) is 19.7. The van der Waals surface area contributed by atoms with Gasteiger partial charge in [-0.15, -0.1) is 11.3 Å². The van der Waals surface area contributed by atoms with E-state index in [-0.39, 0.29) is 0 Å². The molecule has 3 nitrogen and oxygen atoms in total. The van der Waals surface area contributed by atoms with E-state index in [4.69, 9.17) is 4.42 Å². The quantitative estimate of drug-likeness (QED) is 0.168. The topological polar surface area (TPSA) is 21.3 Å². The largest absolute Gasteiger partial charge is 0.456 e. The highest BCUT2D eigenvalue weighted by molar-refractivity contribution is 7.26. The van der Waals surface area contributed by atoms with E-state index in [1.165, 1.54) is 58.7 Å². The SMILES string of the molecule is c1ccc(-c2ccc(-n3c4ccccc4c4ccccc43)cc2-c2ccc(N(c3ccc4oc5ccccc5c4c3)c3cccc4c3sc3ccccc34)cc2)cc1. The van der Waals surface area contributed by atoms with Crippen molar-refractivity contribution in [3.8, 4) is 27.9 Å². The van der Waals surface area contributed by atoms with Crippen molar-refractivity contribution >= 4 is 92.3 Å². The van der Waals surface area contributed by atoms with Gasteiger partial charge in [-0.2, -0.15) is 0 Å². The number of anilines is 3.